The van der Waals surface area contributed by atoms with E-state index in [0.29, 0.717) is 0 Å². The molecule has 2 aromatic carbocycles. The van der Waals surface area contributed by atoms with Gasteiger partial charge in [0, 0.05) is 18.3 Å². The van der Waals surface area contributed by atoms with Crippen LogP contribution in [0.5, 0.6) is 11.5 Å². The summed E-state index contributed by atoms with van der Waals surface area (Å²) in [6.07, 6.45) is 5.49. The zero-order chi connectivity index (χ0) is 16.5. The van der Waals surface area contributed by atoms with Crippen molar-refractivity contribution in [1.29, 1.82) is 0 Å². The fourth-order valence-electron chi connectivity index (χ4n) is 3.23. The van der Waals surface area contributed by atoms with Crippen molar-refractivity contribution < 1.29 is 14.3 Å². The molecular formula is C20H19NO3. The fourth-order valence-corrected chi connectivity index (χ4v) is 3.23. The Kier molecular flexibility index (Phi) is 3.73. The van der Waals surface area contributed by atoms with Gasteiger partial charge in [-0.25, -0.2) is 0 Å². The number of amides is 1. The number of fused-ring (bicyclic) bond motifs is 2. The summed E-state index contributed by atoms with van der Waals surface area (Å²) in [4.78, 5) is 14.5. The average Bonchev–Trinajstić information content (AvgIpc) is 3.06. The summed E-state index contributed by atoms with van der Waals surface area (Å²) < 4.78 is 10.7. The summed E-state index contributed by atoms with van der Waals surface area (Å²) in [6.45, 7) is 3.10. The predicted octanol–water partition coefficient (Wildman–Crippen LogP) is 3.72. The summed E-state index contributed by atoms with van der Waals surface area (Å²) >= 11 is 0. The van der Waals surface area contributed by atoms with Crippen LogP contribution in [-0.2, 0) is 11.2 Å². The maximum absolute atomic E-state index is 12.6. The fraction of sp³-hybridized carbons (Fsp3) is 0.250. The van der Waals surface area contributed by atoms with Gasteiger partial charge >= 0.3 is 0 Å². The zero-order valence-electron chi connectivity index (χ0n) is 13.6. The molecule has 24 heavy (non-hydrogen) atoms. The van der Waals surface area contributed by atoms with Crippen molar-refractivity contribution in [2.45, 2.75) is 19.8 Å². The smallest absolute Gasteiger partial charge is 0.250 e. The van der Waals surface area contributed by atoms with Gasteiger partial charge < -0.3 is 14.4 Å². The molecule has 4 nitrogen and oxygen atoms in total. The van der Waals surface area contributed by atoms with E-state index in [0.717, 1.165) is 42.1 Å². The lowest BCUT2D eigenvalue weighted by molar-refractivity contribution is -0.114. The maximum Gasteiger partial charge on any atom is 0.250 e. The topological polar surface area (TPSA) is 38.8 Å². The first-order chi connectivity index (χ1) is 11.7. The van der Waals surface area contributed by atoms with Gasteiger partial charge in [-0.15, -0.1) is 0 Å². The SMILES string of the molecule is Cc1ccc2c(c1)CCCN2C(=O)/C=C/c1ccc2c(c1)OCO2. The Labute approximate surface area is 141 Å². The summed E-state index contributed by atoms with van der Waals surface area (Å²) in [5.74, 6) is 1.49. The molecule has 122 valence electrons. The van der Waals surface area contributed by atoms with Gasteiger partial charge in [-0.2, -0.15) is 0 Å². The molecular weight excluding hydrogens is 302 g/mol. The number of aryl methyl sites for hydroxylation is 2. The van der Waals surface area contributed by atoms with Crippen LogP contribution in [0.2, 0.25) is 0 Å². The molecule has 4 heteroatoms. The monoisotopic (exact) mass is 321 g/mol. The molecule has 0 atom stereocenters. The molecule has 0 aromatic heterocycles. The van der Waals surface area contributed by atoms with Gasteiger partial charge in [0.05, 0.1) is 0 Å². The molecule has 1 amide bonds. The van der Waals surface area contributed by atoms with E-state index in [1.54, 1.807) is 6.08 Å². The molecule has 0 aliphatic carbocycles. The zero-order valence-corrected chi connectivity index (χ0v) is 13.6. The van der Waals surface area contributed by atoms with Crippen LogP contribution in [0.25, 0.3) is 6.08 Å². The van der Waals surface area contributed by atoms with Crippen molar-refractivity contribution >= 4 is 17.7 Å². The molecule has 2 aliphatic rings. The van der Waals surface area contributed by atoms with Gasteiger partial charge in [0.1, 0.15) is 0 Å². The van der Waals surface area contributed by atoms with Gasteiger partial charge in [0.2, 0.25) is 6.79 Å². The minimum atomic E-state index is 0.0115. The van der Waals surface area contributed by atoms with Crippen molar-refractivity contribution in [3.8, 4) is 11.5 Å². The van der Waals surface area contributed by atoms with Gasteiger partial charge in [-0.3, -0.25) is 4.79 Å². The first-order valence-corrected chi connectivity index (χ1v) is 8.19. The summed E-state index contributed by atoms with van der Waals surface area (Å²) in [7, 11) is 0. The number of carbonyl (C=O) groups excluding carboxylic acids is 1. The Morgan fingerprint density at radius 3 is 2.92 bits per heavy atom. The second-order valence-electron chi connectivity index (χ2n) is 6.17. The lowest BCUT2D eigenvalue weighted by Gasteiger charge is -2.29. The van der Waals surface area contributed by atoms with Crippen molar-refractivity contribution in [3.05, 3.63) is 59.2 Å². The lowest BCUT2D eigenvalue weighted by atomic mass is 9.99. The first kappa shape index (κ1) is 14.8. The highest BCUT2D eigenvalue weighted by Crippen LogP contribution is 2.33. The molecule has 0 bridgehead atoms. The van der Waals surface area contributed by atoms with E-state index in [4.69, 9.17) is 9.47 Å². The van der Waals surface area contributed by atoms with Crippen LogP contribution < -0.4 is 14.4 Å². The van der Waals surface area contributed by atoms with E-state index >= 15 is 0 Å². The van der Waals surface area contributed by atoms with Gasteiger partial charge in [0.15, 0.2) is 11.5 Å². The van der Waals surface area contributed by atoms with Crippen LogP contribution in [0.4, 0.5) is 5.69 Å². The van der Waals surface area contributed by atoms with Crippen LogP contribution in [-0.4, -0.2) is 19.2 Å². The number of hydrogen-bond acceptors (Lipinski definition) is 3. The van der Waals surface area contributed by atoms with E-state index < -0.39 is 0 Å². The summed E-state index contributed by atoms with van der Waals surface area (Å²) in [5.41, 5.74) is 4.45. The first-order valence-electron chi connectivity index (χ1n) is 8.19. The summed E-state index contributed by atoms with van der Waals surface area (Å²) in [6, 6.07) is 12.0. The van der Waals surface area contributed by atoms with Crippen molar-refractivity contribution in [1.82, 2.24) is 0 Å². The number of ether oxygens (including phenoxy) is 2. The second kappa shape index (κ2) is 6.04. The van der Waals surface area contributed by atoms with Crippen molar-refractivity contribution in [3.63, 3.8) is 0 Å². The van der Waals surface area contributed by atoms with Crippen LogP contribution in [0.15, 0.2) is 42.5 Å². The molecule has 0 unspecified atom stereocenters. The number of anilines is 1. The highest BCUT2D eigenvalue weighted by Gasteiger charge is 2.21. The largest absolute Gasteiger partial charge is 0.454 e. The van der Waals surface area contributed by atoms with Gasteiger partial charge in [0.25, 0.3) is 5.91 Å². The van der Waals surface area contributed by atoms with Gasteiger partial charge in [-0.05, 0) is 55.2 Å². The third-order valence-corrected chi connectivity index (χ3v) is 4.43. The Hall–Kier alpha value is -2.75. The van der Waals surface area contributed by atoms with Gasteiger partial charge in [-0.1, -0.05) is 23.8 Å². The number of rotatable bonds is 2. The second-order valence-corrected chi connectivity index (χ2v) is 6.17. The average molecular weight is 321 g/mol. The van der Waals surface area contributed by atoms with Crippen LogP contribution >= 0.6 is 0 Å². The minimum absolute atomic E-state index is 0.0115. The lowest BCUT2D eigenvalue weighted by Crippen LogP contribution is -2.34. The molecule has 0 saturated carbocycles. The molecule has 2 heterocycles. The molecule has 2 aromatic rings. The molecule has 0 spiro atoms. The van der Waals surface area contributed by atoms with E-state index in [-0.39, 0.29) is 12.7 Å². The third-order valence-electron chi connectivity index (χ3n) is 4.43. The Bertz CT molecular complexity index is 826. The van der Waals surface area contributed by atoms with Crippen molar-refractivity contribution in [2.24, 2.45) is 0 Å². The van der Waals surface area contributed by atoms with E-state index in [1.807, 2.05) is 29.2 Å². The quantitative estimate of drug-likeness (QED) is 0.791. The Balaban J connectivity index is 1.55. The van der Waals surface area contributed by atoms with E-state index in [1.165, 1.54) is 11.1 Å². The molecule has 0 radical (unpaired) electrons. The standard InChI is InChI=1S/C20H19NO3/c1-14-4-7-17-16(11-14)3-2-10-21(17)20(22)9-6-15-5-8-18-19(12-15)24-13-23-18/h4-9,11-12H,2-3,10,13H2,1H3/b9-6+. The molecule has 0 fully saturated rings. The normalized spacial score (nSPS) is 15.6. The summed E-state index contributed by atoms with van der Waals surface area (Å²) in [5, 5.41) is 0. The van der Waals surface area contributed by atoms with Crippen molar-refractivity contribution in [2.75, 3.05) is 18.2 Å². The number of hydrogen-bond donors (Lipinski definition) is 0. The number of benzene rings is 2. The highest BCUT2D eigenvalue weighted by molar-refractivity contribution is 6.04. The highest BCUT2D eigenvalue weighted by atomic mass is 16.7. The van der Waals surface area contributed by atoms with E-state index in [2.05, 4.69) is 25.1 Å². The number of nitrogens with zero attached hydrogens (tertiary/aromatic N) is 1. The molecule has 0 N–H and O–H groups in total. The molecule has 0 saturated heterocycles. The molecule has 2 aliphatic heterocycles. The Morgan fingerprint density at radius 1 is 1.12 bits per heavy atom. The molecule has 4 rings (SSSR count). The van der Waals surface area contributed by atoms with Crippen LogP contribution in [0, 0.1) is 6.92 Å². The number of carbonyl (C=O) groups is 1. The van der Waals surface area contributed by atoms with Crippen LogP contribution in [0.3, 0.4) is 0 Å². The third kappa shape index (κ3) is 2.75. The minimum Gasteiger partial charge on any atom is -0.454 e. The van der Waals surface area contributed by atoms with E-state index in [9.17, 15) is 4.79 Å². The Morgan fingerprint density at radius 2 is 2.00 bits per heavy atom. The van der Waals surface area contributed by atoms with Crippen LogP contribution in [0.1, 0.15) is 23.1 Å². The maximum atomic E-state index is 12.6. The predicted molar refractivity (Wildman–Crippen MR) is 93.5 cm³/mol.